The number of piperidine rings is 1. The SMILES string of the molecule is CC(C)C(=O)N1CCC(NC(=O)CC2CCCN2)CC1.Cl. The summed E-state index contributed by atoms with van der Waals surface area (Å²) in [5, 5.41) is 6.46. The molecule has 5 nitrogen and oxygen atoms in total. The molecular weight excluding hydrogens is 290 g/mol. The normalized spacial score (nSPS) is 23.0. The molecule has 0 aromatic carbocycles. The van der Waals surface area contributed by atoms with E-state index < -0.39 is 0 Å². The highest BCUT2D eigenvalue weighted by Crippen LogP contribution is 2.14. The second-order valence-corrected chi connectivity index (χ2v) is 6.32. The number of hydrogen-bond donors (Lipinski definition) is 2. The summed E-state index contributed by atoms with van der Waals surface area (Å²) in [5.74, 6) is 0.442. The van der Waals surface area contributed by atoms with E-state index >= 15 is 0 Å². The average Bonchev–Trinajstić information content (AvgIpc) is 2.91. The van der Waals surface area contributed by atoms with E-state index in [1.807, 2.05) is 18.7 Å². The zero-order valence-electron chi connectivity index (χ0n) is 13.1. The molecule has 1 unspecified atom stereocenters. The molecule has 2 aliphatic heterocycles. The number of halogens is 1. The van der Waals surface area contributed by atoms with Gasteiger partial charge in [-0.3, -0.25) is 9.59 Å². The van der Waals surface area contributed by atoms with Crippen LogP contribution in [-0.2, 0) is 9.59 Å². The zero-order valence-corrected chi connectivity index (χ0v) is 13.9. The number of hydrogen-bond acceptors (Lipinski definition) is 3. The topological polar surface area (TPSA) is 61.4 Å². The number of nitrogens with one attached hydrogen (secondary N) is 2. The van der Waals surface area contributed by atoms with Crippen molar-refractivity contribution in [2.75, 3.05) is 19.6 Å². The Morgan fingerprint density at radius 2 is 1.90 bits per heavy atom. The van der Waals surface area contributed by atoms with Gasteiger partial charge in [-0.1, -0.05) is 13.8 Å². The molecule has 0 aromatic heterocycles. The maximum atomic E-state index is 12.0. The summed E-state index contributed by atoms with van der Waals surface area (Å²) in [6, 6.07) is 0.595. The third-order valence-electron chi connectivity index (χ3n) is 4.26. The summed E-state index contributed by atoms with van der Waals surface area (Å²) in [6.45, 7) is 6.44. The second kappa shape index (κ2) is 8.59. The molecule has 0 spiro atoms. The van der Waals surface area contributed by atoms with Crippen LogP contribution in [0.4, 0.5) is 0 Å². The third kappa shape index (κ3) is 5.47. The maximum Gasteiger partial charge on any atom is 0.225 e. The van der Waals surface area contributed by atoms with E-state index in [2.05, 4.69) is 10.6 Å². The van der Waals surface area contributed by atoms with Crippen molar-refractivity contribution < 1.29 is 9.59 Å². The first kappa shape index (κ1) is 18.2. The smallest absolute Gasteiger partial charge is 0.225 e. The molecule has 0 bridgehead atoms. The predicted molar refractivity (Wildman–Crippen MR) is 85.5 cm³/mol. The average molecular weight is 318 g/mol. The van der Waals surface area contributed by atoms with Crippen molar-refractivity contribution >= 4 is 24.2 Å². The number of rotatable bonds is 4. The van der Waals surface area contributed by atoms with Crippen LogP contribution in [0.1, 0.15) is 46.0 Å². The molecule has 1 atom stereocenters. The monoisotopic (exact) mass is 317 g/mol. The number of likely N-dealkylation sites (tertiary alicyclic amines) is 1. The summed E-state index contributed by atoms with van der Waals surface area (Å²) in [5.41, 5.74) is 0. The summed E-state index contributed by atoms with van der Waals surface area (Å²) >= 11 is 0. The second-order valence-electron chi connectivity index (χ2n) is 6.32. The fourth-order valence-corrected chi connectivity index (χ4v) is 3.05. The van der Waals surface area contributed by atoms with Gasteiger partial charge >= 0.3 is 0 Å². The number of amides is 2. The first-order valence-corrected chi connectivity index (χ1v) is 7.88. The molecule has 21 heavy (non-hydrogen) atoms. The summed E-state index contributed by atoms with van der Waals surface area (Å²) < 4.78 is 0. The minimum Gasteiger partial charge on any atom is -0.353 e. The van der Waals surface area contributed by atoms with Crippen molar-refractivity contribution in [1.29, 1.82) is 0 Å². The van der Waals surface area contributed by atoms with Gasteiger partial charge in [-0.15, -0.1) is 12.4 Å². The van der Waals surface area contributed by atoms with Crippen LogP contribution in [0, 0.1) is 5.92 Å². The van der Waals surface area contributed by atoms with Crippen molar-refractivity contribution in [3.05, 3.63) is 0 Å². The largest absolute Gasteiger partial charge is 0.353 e. The molecule has 2 amide bonds. The van der Waals surface area contributed by atoms with Crippen LogP contribution in [0.5, 0.6) is 0 Å². The summed E-state index contributed by atoms with van der Waals surface area (Å²) in [4.78, 5) is 25.8. The van der Waals surface area contributed by atoms with E-state index in [1.165, 1.54) is 6.42 Å². The number of carbonyl (C=O) groups excluding carboxylic acids is 2. The highest BCUT2D eigenvalue weighted by molar-refractivity contribution is 5.85. The lowest BCUT2D eigenvalue weighted by atomic mass is 10.0. The Labute approximate surface area is 133 Å². The van der Waals surface area contributed by atoms with Crippen molar-refractivity contribution in [3.63, 3.8) is 0 Å². The fourth-order valence-electron chi connectivity index (χ4n) is 3.05. The van der Waals surface area contributed by atoms with E-state index in [4.69, 9.17) is 0 Å². The molecule has 2 saturated heterocycles. The van der Waals surface area contributed by atoms with Gasteiger partial charge in [0.1, 0.15) is 0 Å². The van der Waals surface area contributed by atoms with Gasteiger partial charge in [-0.2, -0.15) is 0 Å². The van der Waals surface area contributed by atoms with E-state index in [0.29, 0.717) is 12.5 Å². The van der Waals surface area contributed by atoms with E-state index in [9.17, 15) is 9.59 Å². The number of nitrogens with zero attached hydrogens (tertiary/aromatic N) is 1. The molecule has 2 heterocycles. The molecule has 6 heteroatoms. The van der Waals surface area contributed by atoms with Gasteiger partial charge in [-0.25, -0.2) is 0 Å². The lowest BCUT2D eigenvalue weighted by Crippen LogP contribution is -2.48. The van der Waals surface area contributed by atoms with E-state index in [0.717, 1.165) is 38.9 Å². The minimum atomic E-state index is 0. The molecule has 0 aliphatic carbocycles. The molecule has 0 saturated carbocycles. The van der Waals surface area contributed by atoms with E-state index in [1.54, 1.807) is 0 Å². The van der Waals surface area contributed by atoms with Gasteiger partial charge < -0.3 is 15.5 Å². The Bertz CT molecular complexity index is 349. The van der Waals surface area contributed by atoms with Crippen LogP contribution in [0.3, 0.4) is 0 Å². The standard InChI is InChI=1S/C15H27N3O2.ClH/c1-11(2)15(20)18-8-5-12(6-9-18)17-14(19)10-13-4-3-7-16-13;/h11-13,16H,3-10H2,1-2H3,(H,17,19);1H. The van der Waals surface area contributed by atoms with Crippen LogP contribution < -0.4 is 10.6 Å². The lowest BCUT2D eigenvalue weighted by molar-refractivity contribution is -0.135. The molecule has 2 fully saturated rings. The first-order valence-electron chi connectivity index (χ1n) is 7.88. The van der Waals surface area contributed by atoms with Gasteiger partial charge in [0.15, 0.2) is 0 Å². The van der Waals surface area contributed by atoms with Gasteiger partial charge in [-0.05, 0) is 32.2 Å². The molecule has 122 valence electrons. The third-order valence-corrected chi connectivity index (χ3v) is 4.26. The van der Waals surface area contributed by atoms with Crippen LogP contribution >= 0.6 is 12.4 Å². The Kier molecular flexibility index (Phi) is 7.46. The molecular formula is C15H28ClN3O2. The van der Waals surface area contributed by atoms with Crippen LogP contribution in [-0.4, -0.2) is 48.4 Å². The Morgan fingerprint density at radius 3 is 2.43 bits per heavy atom. The molecule has 2 N–H and O–H groups in total. The minimum absolute atomic E-state index is 0. The summed E-state index contributed by atoms with van der Waals surface area (Å²) in [7, 11) is 0. The summed E-state index contributed by atoms with van der Waals surface area (Å²) in [6.07, 6.45) is 4.62. The Balaban J connectivity index is 0.00000220. The predicted octanol–water partition coefficient (Wildman–Crippen LogP) is 1.31. The first-order chi connectivity index (χ1) is 9.56. The Hall–Kier alpha value is -0.810. The molecule has 2 rings (SSSR count). The van der Waals surface area contributed by atoms with Gasteiger partial charge in [0.05, 0.1) is 0 Å². The van der Waals surface area contributed by atoms with Crippen molar-refractivity contribution in [3.8, 4) is 0 Å². The molecule has 2 aliphatic rings. The highest BCUT2D eigenvalue weighted by atomic mass is 35.5. The van der Waals surface area contributed by atoms with Crippen molar-refractivity contribution in [1.82, 2.24) is 15.5 Å². The molecule has 0 aromatic rings. The quantitative estimate of drug-likeness (QED) is 0.822. The van der Waals surface area contributed by atoms with Crippen LogP contribution in [0.25, 0.3) is 0 Å². The van der Waals surface area contributed by atoms with E-state index in [-0.39, 0.29) is 36.2 Å². The lowest BCUT2D eigenvalue weighted by Gasteiger charge is -2.33. The fraction of sp³-hybridized carbons (Fsp3) is 0.867. The zero-order chi connectivity index (χ0) is 14.5. The maximum absolute atomic E-state index is 12.0. The number of carbonyl (C=O) groups is 2. The molecule has 0 radical (unpaired) electrons. The van der Waals surface area contributed by atoms with Gasteiger partial charge in [0.25, 0.3) is 0 Å². The van der Waals surface area contributed by atoms with Crippen molar-refractivity contribution in [2.24, 2.45) is 5.92 Å². The van der Waals surface area contributed by atoms with Gasteiger partial charge in [0, 0.05) is 37.5 Å². The highest BCUT2D eigenvalue weighted by Gasteiger charge is 2.26. The van der Waals surface area contributed by atoms with Crippen LogP contribution in [0.15, 0.2) is 0 Å². The van der Waals surface area contributed by atoms with Crippen molar-refractivity contribution in [2.45, 2.75) is 58.0 Å². The van der Waals surface area contributed by atoms with Gasteiger partial charge in [0.2, 0.25) is 11.8 Å². The van der Waals surface area contributed by atoms with Crippen LogP contribution in [0.2, 0.25) is 0 Å². The Morgan fingerprint density at radius 1 is 1.24 bits per heavy atom.